The lowest BCUT2D eigenvalue weighted by atomic mass is 10.00. The largest absolute Gasteiger partial charge is 0.413 e. The van der Waals surface area contributed by atoms with Crippen LogP contribution in [0.25, 0.3) is 10.1 Å². The Labute approximate surface area is 190 Å². The number of anilines is 2. The number of fused-ring (bicyclic) bond motifs is 2. The van der Waals surface area contributed by atoms with Crippen LogP contribution in [0.3, 0.4) is 0 Å². The second-order valence-corrected chi connectivity index (χ2v) is 9.54. The molecule has 11 heteroatoms. The van der Waals surface area contributed by atoms with E-state index in [2.05, 4.69) is 4.98 Å². The predicted molar refractivity (Wildman–Crippen MR) is 119 cm³/mol. The Bertz CT molecular complexity index is 1240. The summed E-state index contributed by atoms with van der Waals surface area (Å²) >= 11 is 7.59. The third kappa shape index (κ3) is 3.45. The number of halogens is 4. The van der Waals surface area contributed by atoms with Crippen molar-refractivity contribution in [2.45, 2.75) is 31.7 Å². The van der Waals surface area contributed by atoms with E-state index in [1.165, 1.54) is 22.3 Å². The highest BCUT2D eigenvalue weighted by Gasteiger charge is 2.60. The Balaban J connectivity index is 1.62. The SMILES string of the molecule is CC1(C(F)(F)F)Cn2c(nc(N3CCOCC3)cc2=O)N1Cc1csc2ccc(Cl)cc12. The van der Waals surface area contributed by atoms with Crippen LogP contribution in [0.4, 0.5) is 24.9 Å². The number of aromatic nitrogens is 2. The molecule has 2 aliphatic heterocycles. The Morgan fingerprint density at radius 2 is 2.00 bits per heavy atom. The first-order valence-corrected chi connectivity index (χ1v) is 11.4. The molecule has 0 aliphatic carbocycles. The fraction of sp³-hybridized carbons (Fsp3) is 0.429. The highest BCUT2D eigenvalue weighted by Crippen LogP contribution is 2.45. The van der Waals surface area contributed by atoms with Gasteiger partial charge >= 0.3 is 6.18 Å². The highest BCUT2D eigenvalue weighted by molar-refractivity contribution is 7.17. The minimum absolute atomic E-state index is 0.0280. The minimum Gasteiger partial charge on any atom is -0.378 e. The van der Waals surface area contributed by atoms with Crippen molar-refractivity contribution < 1.29 is 17.9 Å². The van der Waals surface area contributed by atoms with Gasteiger partial charge in [-0.3, -0.25) is 9.36 Å². The van der Waals surface area contributed by atoms with Crippen molar-refractivity contribution in [3.8, 4) is 0 Å². The number of alkyl halides is 3. The van der Waals surface area contributed by atoms with E-state index in [-0.39, 0.29) is 12.5 Å². The van der Waals surface area contributed by atoms with E-state index in [0.717, 1.165) is 21.6 Å². The molecule has 0 spiro atoms. The second kappa shape index (κ2) is 7.64. The average Bonchev–Trinajstić information content (AvgIpc) is 3.28. The number of hydrogen-bond donors (Lipinski definition) is 0. The molecule has 0 radical (unpaired) electrons. The summed E-state index contributed by atoms with van der Waals surface area (Å²) in [6.45, 7) is 2.58. The summed E-state index contributed by atoms with van der Waals surface area (Å²) in [5.74, 6) is 0.402. The smallest absolute Gasteiger partial charge is 0.378 e. The molecular formula is C21H20ClF3N4O2S. The number of thiophene rings is 1. The van der Waals surface area contributed by atoms with Gasteiger partial charge in [0.1, 0.15) is 5.82 Å². The van der Waals surface area contributed by atoms with Crippen LogP contribution in [0.1, 0.15) is 12.5 Å². The van der Waals surface area contributed by atoms with Gasteiger partial charge in [-0.05, 0) is 41.5 Å². The van der Waals surface area contributed by atoms with Crippen LogP contribution in [0.15, 0.2) is 34.4 Å². The van der Waals surface area contributed by atoms with Gasteiger partial charge in [-0.15, -0.1) is 11.3 Å². The fourth-order valence-corrected chi connectivity index (χ4v) is 5.35. The van der Waals surface area contributed by atoms with Crippen molar-refractivity contribution in [1.29, 1.82) is 0 Å². The molecule has 1 atom stereocenters. The van der Waals surface area contributed by atoms with Gasteiger partial charge in [0, 0.05) is 35.4 Å². The molecule has 3 aromatic rings. The van der Waals surface area contributed by atoms with E-state index in [4.69, 9.17) is 16.3 Å². The van der Waals surface area contributed by atoms with Crippen LogP contribution >= 0.6 is 22.9 Å². The Hall–Kier alpha value is -2.30. The van der Waals surface area contributed by atoms with Crippen molar-refractivity contribution in [2.75, 3.05) is 36.1 Å². The second-order valence-electron chi connectivity index (χ2n) is 8.20. The predicted octanol–water partition coefficient (Wildman–Crippen LogP) is 4.29. The molecule has 0 bridgehead atoms. The molecule has 5 rings (SSSR count). The summed E-state index contributed by atoms with van der Waals surface area (Å²) in [6.07, 6.45) is -4.57. The van der Waals surface area contributed by atoms with Crippen LogP contribution < -0.4 is 15.4 Å². The van der Waals surface area contributed by atoms with Crippen LogP contribution in [0, 0.1) is 0 Å². The minimum atomic E-state index is -4.57. The Morgan fingerprint density at radius 3 is 2.72 bits per heavy atom. The molecule has 2 aromatic heterocycles. The molecule has 1 saturated heterocycles. The van der Waals surface area contributed by atoms with Crippen LogP contribution in [0.5, 0.6) is 0 Å². The van der Waals surface area contributed by atoms with Gasteiger partial charge in [-0.2, -0.15) is 18.2 Å². The average molecular weight is 485 g/mol. The monoisotopic (exact) mass is 484 g/mol. The molecule has 0 saturated carbocycles. The van der Waals surface area contributed by atoms with Gasteiger partial charge in [0.2, 0.25) is 5.95 Å². The molecule has 0 amide bonds. The molecule has 32 heavy (non-hydrogen) atoms. The molecule has 4 heterocycles. The van der Waals surface area contributed by atoms with Gasteiger partial charge in [0.15, 0.2) is 5.54 Å². The quantitative estimate of drug-likeness (QED) is 0.555. The van der Waals surface area contributed by atoms with E-state index in [1.807, 2.05) is 16.3 Å². The summed E-state index contributed by atoms with van der Waals surface area (Å²) in [4.78, 5) is 20.5. The van der Waals surface area contributed by atoms with Gasteiger partial charge in [-0.25, -0.2) is 0 Å². The number of rotatable bonds is 3. The maximum absolute atomic E-state index is 14.3. The van der Waals surface area contributed by atoms with E-state index in [0.29, 0.717) is 42.7 Å². The van der Waals surface area contributed by atoms with Crippen molar-refractivity contribution >= 4 is 44.8 Å². The van der Waals surface area contributed by atoms with Crippen molar-refractivity contribution in [3.05, 3.63) is 50.6 Å². The Morgan fingerprint density at radius 1 is 1.25 bits per heavy atom. The van der Waals surface area contributed by atoms with Crippen LogP contribution in [-0.4, -0.2) is 47.6 Å². The zero-order valence-electron chi connectivity index (χ0n) is 17.2. The molecule has 1 aromatic carbocycles. The van der Waals surface area contributed by atoms with Gasteiger partial charge < -0.3 is 14.5 Å². The molecule has 1 unspecified atom stereocenters. The first-order chi connectivity index (χ1) is 15.2. The lowest BCUT2D eigenvalue weighted by Gasteiger charge is -2.37. The van der Waals surface area contributed by atoms with Gasteiger partial charge in [-0.1, -0.05) is 11.6 Å². The van der Waals surface area contributed by atoms with Crippen LogP contribution in [-0.2, 0) is 17.8 Å². The summed E-state index contributed by atoms with van der Waals surface area (Å²) in [7, 11) is 0. The van der Waals surface area contributed by atoms with E-state index in [1.54, 1.807) is 12.1 Å². The Kier molecular flexibility index (Phi) is 5.14. The lowest BCUT2D eigenvalue weighted by molar-refractivity contribution is -0.182. The first-order valence-electron chi connectivity index (χ1n) is 10.1. The van der Waals surface area contributed by atoms with E-state index >= 15 is 0 Å². The molecule has 2 aliphatic rings. The number of ether oxygens (including phenoxy) is 1. The highest BCUT2D eigenvalue weighted by atomic mass is 35.5. The topological polar surface area (TPSA) is 50.6 Å². The zero-order valence-corrected chi connectivity index (χ0v) is 18.7. The summed E-state index contributed by atoms with van der Waals surface area (Å²) in [6, 6.07) is 6.68. The number of morpholine rings is 1. The maximum Gasteiger partial charge on any atom is 0.413 e. The summed E-state index contributed by atoms with van der Waals surface area (Å²) < 4.78 is 50.4. The normalized spacial score (nSPS) is 21.4. The summed E-state index contributed by atoms with van der Waals surface area (Å²) in [5.41, 5.74) is -2.06. The first kappa shape index (κ1) is 21.5. The number of nitrogens with zero attached hydrogens (tertiary/aromatic N) is 4. The summed E-state index contributed by atoms with van der Waals surface area (Å²) in [5, 5.41) is 3.16. The van der Waals surface area contributed by atoms with E-state index in [9.17, 15) is 18.0 Å². The standard InChI is InChI=1S/C21H20ClF3N4O2S/c1-20(21(23,24)25)12-28-18(30)9-17(27-4-6-31-7-5-27)26-19(28)29(20)10-13-11-32-16-3-2-14(22)8-15(13)16/h2-3,8-9,11H,4-7,10,12H2,1H3. The molecule has 1 fully saturated rings. The lowest BCUT2D eigenvalue weighted by Crippen LogP contribution is -2.55. The van der Waals surface area contributed by atoms with Crippen molar-refractivity contribution in [2.24, 2.45) is 0 Å². The van der Waals surface area contributed by atoms with Crippen molar-refractivity contribution in [3.63, 3.8) is 0 Å². The third-order valence-corrected chi connectivity index (χ3v) is 7.42. The van der Waals surface area contributed by atoms with Crippen LogP contribution in [0.2, 0.25) is 5.02 Å². The molecule has 6 nitrogen and oxygen atoms in total. The third-order valence-electron chi connectivity index (χ3n) is 6.17. The molecular weight excluding hydrogens is 465 g/mol. The number of benzene rings is 1. The van der Waals surface area contributed by atoms with E-state index < -0.39 is 23.8 Å². The maximum atomic E-state index is 14.3. The van der Waals surface area contributed by atoms with Gasteiger partial charge in [0.05, 0.1) is 19.8 Å². The number of hydrogen-bond acceptors (Lipinski definition) is 6. The zero-order chi connectivity index (χ0) is 22.7. The van der Waals surface area contributed by atoms with Crippen molar-refractivity contribution in [1.82, 2.24) is 9.55 Å². The molecule has 170 valence electrons. The molecule has 0 N–H and O–H groups in total. The van der Waals surface area contributed by atoms with Gasteiger partial charge in [0.25, 0.3) is 5.56 Å². The fourth-order valence-electron chi connectivity index (χ4n) is 4.24.